The van der Waals surface area contributed by atoms with Crippen LogP contribution in [0.3, 0.4) is 0 Å². The zero-order valence-corrected chi connectivity index (χ0v) is 10.1. The van der Waals surface area contributed by atoms with Crippen molar-refractivity contribution in [2.75, 3.05) is 14.2 Å². The van der Waals surface area contributed by atoms with E-state index in [0.717, 1.165) is 11.3 Å². The molecular formula is C13H12N2O3. The van der Waals surface area contributed by atoms with Crippen molar-refractivity contribution in [3.63, 3.8) is 0 Å². The van der Waals surface area contributed by atoms with E-state index in [0.29, 0.717) is 11.4 Å². The summed E-state index contributed by atoms with van der Waals surface area (Å²) in [6.07, 6.45) is 3.14. The molecule has 92 valence electrons. The fraction of sp³-hybridized carbons (Fsp3) is 0.154. The van der Waals surface area contributed by atoms with Gasteiger partial charge in [-0.25, -0.2) is 9.78 Å². The normalized spacial score (nSPS) is 9.89. The molecule has 2 aromatic heterocycles. The van der Waals surface area contributed by atoms with E-state index in [1.54, 1.807) is 31.5 Å². The van der Waals surface area contributed by atoms with E-state index in [1.807, 2.05) is 6.07 Å². The lowest BCUT2D eigenvalue weighted by atomic mass is 10.1. The molecule has 0 radical (unpaired) electrons. The highest BCUT2D eigenvalue weighted by molar-refractivity contribution is 5.89. The Morgan fingerprint density at radius 2 is 1.89 bits per heavy atom. The van der Waals surface area contributed by atoms with Gasteiger partial charge in [0.15, 0.2) is 0 Å². The second-order valence-corrected chi connectivity index (χ2v) is 3.51. The molecule has 18 heavy (non-hydrogen) atoms. The zero-order chi connectivity index (χ0) is 13.0. The number of pyridine rings is 2. The number of carbonyl (C=O) groups is 1. The number of ether oxygens (including phenoxy) is 2. The smallest absolute Gasteiger partial charge is 0.339 e. The van der Waals surface area contributed by atoms with E-state index in [9.17, 15) is 4.79 Å². The topological polar surface area (TPSA) is 61.3 Å². The number of carbonyl (C=O) groups excluding carboxylic acids is 1. The average molecular weight is 244 g/mol. The van der Waals surface area contributed by atoms with Gasteiger partial charge in [-0.2, -0.15) is 0 Å². The molecule has 5 heteroatoms. The molecule has 0 aromatic carbocycles. The van der Waals surface area contributed by atoms with Crippen LogP contribution in [-0.4, -0.2) is 30.2 Å². The van der Waals surface area contributed by atoms with E-state index in [1.165, 1.54) is 13.3 Å². The minimum absolute atomic E-state index is 0.401. The maximum absolute atomic E-state index is 11.3. The first-order valence-corrected chi connectivity index (χ1v) is 5.29. The summed E-state index contributed by atoms with van der Waals surface area (Å²) in [5.74, 6) is 0.145. The van der Waals surface area contributed by atoms with E-state index < -0.39 is 5.97 Å². The molecule has 2 rings (SSSR count). The lowest BCUT2D eigenvalue weighted by Gasteiger charge is -2.03. The van der Waals surface area contributed by atoms with Gasteiger partial charge < -0.3 is 9.47 Å². The average Bonchev–Trinajstić information content (AvgIpc) is 2.47. The first-order chi connectivity index (χ1) is 8.74. The Labute approximate surface area is 104 Å². The molecule has 0 atom stereocenters. The first-order valence-electron chi connectivity index (χ1n) is 5.29. The van der Waals surface area contributed by atoms with Gasteiger partial charge in [0.1, 0.15) is 0 Å². The number of rotatable bonds is 3. The molecule has 0 unspecified atom stereocenters. The number of hydrogen-bond donors (Lipinski definition) is 0. The summed E-state index contributed by atoms with van der Waals surface area (Å²) in [4.78, 5) is 19.5. The summed E-state index contributed by atoms with van der Waals surface area (Å²) >= 11 is 0. The molecule has 0 N–H and O–H groups in total. The lowest BCUT2D eigenvalue weighted by molar-refractivity contribution is 0.0600. The number of esters is 1. The molecule has 5 nitrogen and oxygen atoms in total. The fourth-order valence-electron chi connectivity index (χ4n) is 1.46. The van der Waals surface area contributed by atoms with Gasteiger partial charge >= 0.3 is 5.97 Å². The molecule has 0 aliphatic carbocycles. The van der Waals surface area contributed by atoms with E-state index in [4.69, 9.17) is 4.74 Å². The van der Waals surface area contributed by atoms with E-state index >= 15 is 0 Å². The van der Waals surface area contributed by atoms with Crippen LogP contribution >= 0.6 is 0 Å². The second kappa shape index (κ2) is 5.27. The Morgan fingerprint density at radius 3 is 2.39 bits per heavy atom. The highest BCUT2D eigenvalue weighted by atomic mass is 16.5. The van der Waals surface area contributed by atoms with Crippen molar-refractivity contribution in [3.05, 3.63) is 42.2 Å². The van der Waals surface area contributed by atoms with Crippen LogP contribution < -0.4 is 4.74 Å². The minimum Gasteiger partial charge on any atom is -0.481 e. The van der Waals surface area contributed by atoms with Crippen molar-refractivity contribution in [2.45, 2.75) is 0 Å². The van der Waals surface area contributed by atoms with Crippen LogP contribution in [0.5, 0.6) is 5.88 Å². The summed E-state index contributed by atoms with van der Waals surface area (Å²) < 4.78 is 9.58. The third kappa shape index (κ3) is 2.45. The van der Waals surface area contributed by atoms with Crippen molar-refractivity contribution in [1.29, 1.82) is 0 Å². The van der Waals surface area contributed by atoms with Gasteiger partial charge in [-0.05, 0) is 18.2 Å². The third-order valence-corrected chi connectivity index (χ3v) is 2.43. The van der Waals surface area contributed by atoms with Gasteiger partial charge in [0.05, 0.1) is 25.5 Å². The summed E-state index contributed by atoms with van der Waals surface area (Å²) in [5.41, 5.74) is 2.01. The number of hydrogen-bond acceptors (Lipinski definition) is 5. The minimum atomic E-state index is -0.401. The predicted octanol–water partition coefficient (Wildman–Crippen LogP) is 1.94. The van der Waals surface area contributed by atoms with Crippen LogP contribution in [0, 0.1) is 0 Å². The van der Waals surface area contributed by atoms with Gasteiger partial charge in [0, 0.05) is 24.0 Å². The van der Waals surface area contributed by atoms with Crippen molar-refractivity contribution in [1.82, 2.24) is 9.97 Å². The summed E-state index contributed by atoms with van der Waals surface area (Å²) in [6.45, 7) is 0. The molecule has 0 aliphatic rings. The largest absolute Gasteiger partial charge is 0.481 e. The van der Waals surface area contributed by atoms with Crippen molar-refractivity contribution in [2.24, 2.45) is 0 Å². The molecule has 0 bridgehead atoms. The maximum Gasteiger partial charge on any atom is 0.339 e. The fourth-order valence-corrected chi connectivity index (χ4v) is 1.46. The molecule has 0 fully saturated rings. The second-order valence-electron chi connectivity index (χ2n) is 3.51. The van der Waals surface area contributed by atoms with Crippen LogP contribution in [0.1, 0.15) is 10.4 Å². The highest BCUT2D eigenvalue weighted by Gasteiger charge is 2.06. The molecule has 0 aliphatic heterocycles. The van der Waals surface area contributed by atoms with Crippen molar-refractivity contribution in [3.8, 4) is 17.1 Å². The number of methoxy groups -OCH3 is 2. The molecule has 0 amide bonds. The SMILES string of the molecule is COC(=O)c1ccc(-c2ccc(OC)nc2)nc1. The first kappa shape index (κ1) is 12.0. The summed E-state index contributed by atoms with van der Waals surface area (Å²) in [7, 11) is 2.90. The number of nitrogens with zero attached hydrogens (tertiary/aromatic N) is 2. The van der Waals surface area contributed by atoms with Crippen LogP contribution in [0.4, 0.5) is 0 Å². The van der Waals surface area contributed by atoms with Crippen LogP contribution in [0.2, 0.25) is 0 Å². The summed E-state index contributed by atoms with van der Waals surface area (Å²) in [5, 5.41) is 0. The third-order valence-electron chi connectivity index (χ3n) is 2.43. The highest BCUT2D eigenvalue weighted by Crippen LogP contribution is 2.18. The predicted molar refractivity (Wildman–Crippen MR) is 65.4 cm³/mol. The zero-order valence-electron chi connectivity index (χ0n) is 10.1. The lowest BCUT2D eigenvalue weighted by Crippen LogP contribution is -2.01. The van der Waals surface area contributed by atoms with Gasteiger partial charge in [0.2, 0.25) is 5.88 Å². The van der Waals surface area contributed by atoms with Crippen LogP contribution in [0.25, 0.3) is 11.3 Å². The monoisotopic (exact) mass is 244 g/mol. The van der Waals surface area contributed by atoms with E-state index in [-0.39, 0.29) is 0 Å². The Kier molecular flexibility index (Phi) is 3.52. The molecular weight excluding hydrogens is 232 g/mol. The quantitative estimate of drug-likeness (QED) is 0.772. The molecule has 2 aromatic rings. The Balaban J connectivity index is 2.25. The molecule has 0 saturated carbocycles. The Hall–Kier alpha value is -2.43. The van der Waals surface area contributed by atoms with Crippen LogP contribution in [-0.2, 0) is 4.74 Å². The Bertz CT molecular complexity index is 535. The maximum atomic E-state index is 11.3. The summed E-state index contributed by atoms with van der Waals surface area (Å²) in [6, 6.07) is 7.02. The van der Waals surface area contributed by atoms with Gasteiger partial charge in [-0.15, -0.1) is 0 Å². The van der Waals surface area contributed by atoms with Crippen molar-refractivity contribution < 1.29 is 14.3 Å². The Morgan fingerprint density at radius 1 is 1.06 bits per heavy atom. The van der Waals surface area contributed by atoms with E-state index in [2.05, 4.69) is 14.7 Å². The molecule has 0 spiro atoms. The standard InChI is InChI=1S/C13H12N2O3/c1-17-12-6-4-9(7-15-12)11-5-3-10(8-14-11)13(16)18-2/h3-8H,1-2H3. The van der Waals surface area contributed by atoms with Gasteiger partial charge in [0.25, 0.3) is 0 Å². The molecule has 0 saturated heterocycles. The molecule has 2 heterocycles. The van der Waals surface area contributed by atoms with Gasteiger partial charge in [-0.3, -0.25) is 4.98 Å². The number of aromatic nitrogens is 2. The van der Waals surface area contributed by atoms with Crippen LogP contribution in [0.15, 0.2) is 36.7 Å². The van der Waals surface area contributed by atoms with Crippen molar-refractivity contribution >= 4 is 5.97 Å². The van der Waals surface area contributed by atoms with Gasteiger partial charge in [-0.1, -0.05) is 0 Å².